The Morgan fingerprint density at radius 1 is 1.31 bits per heavy atom. The van der Waals surface area contributed by atoms with Gasteiger partial charge in [-0.25, -0.2) is 0 Å². The summed E-state index contributed by atoms with van der Waals surface area (Å²) in [4.78, 5) is 4.44. The second-order valence-electron chi connectivity index (χ2n) is 3.48. The number of aryl methyl sites for hydroxylation is 1. The number of aliphatic hydroxyl groups excluding tert-OH is 1. The zero-order valence-corrected chi connectivity index (χ0v) is 9.83. The van der Waals surface area contributed by atoms with E-state index >= 15 is 0 Å². The number of benzene rings is 1. The molecule has 1 aromatic heterocycles. The number of rotatable bonds is 3. The van der Waals surface area contributed by atoms with Gasteiger partial charge in [0.25, 0.3) is 0 Å². The van der Waals surface area contributed by atoms with Gasteiger partial charge in [0.2, 0.25) is 0 Å². The van der Waals surface area contributed by atoms with E-state index in [1.165, 1.54) is 0 Å². The van der Waals surface area contributed by atoms with Crippen LogP contribution < -0.4 is 17.7 Å². The van der Waals surface area contributed by atoms with Gasteiger partial charge in [0.1, 0.15) is 0 Å². The van der Waals surface area contributed by atoms with E-state index in [1.807, 2.05) is 37.3 Å². The molecule has 0 fully saturated rings. The van der Waals surface area contributed by atoms with Crippen LogP contribution in [0.25, 0.3) is 10.9 Å². The van der Waals surface area contributed by atoms with Gasteiger partial charge >= 0.3 is 0 Å². The first kappa shape index (κ1) is 12.7. The van der Waals surface area contributed by atoms with Crippen molar-refractivity contribution in [2.75, 3.05) is 18.5 Å². The van der Waals surface area contributed by atoms with Crippen LogP contribution in [0.4, 0.5) is 5.69 Å². The molecule has 3 nitrogen and oxygen atoms in total. The van der Waals surface area contributed by atoms with Crippen LogP contribution in [0.1, 0.15) is 5.69 Å². The van der Waals surface area contributed by atoms with E-state index in [1.54, 1.807) is 0 Å². The summed E-state index contributed by atoms with van der Waals surface area (Å²) in [5.74, 6) is 0. The standard InChI is InChI=1S/C12H14N2O.ClH/c1-9-8-12(13-6-7-15)10-4-2-3-5-11(10)14-9;/h2-5,8,15H,6-7H2,1H3,(H,13,14);1H/p-1. The van der Waals surface area contributed by atoms with Crippen LogP contribution >= 0.6 is 0 Å². The Balaban J connectivity index is 0.00000128. The maximum atomic E-state index is 8.79. The first-order valence-corrected chi connectivity index (χ1v) is 5.02. The lowest BCUT2D eigenvalue weighted by Gasteiger charge is -2.09. The molecule has 2 rings (SSSR count). The Bertz CT molecular complexity index is 474. The smallest absolute Gasteiger partial charge is 0.0725 e. The third kappa shape index (κ3) is 2.62. The van der Waals surface area contributed by atoms with E-state index in [0.717, 1.165) is 22.3 Å². The molecule has 0 unspecified atom stereocenters. The van der Waals surface area contributed by atoms with Crippen molar-refractivity contribution < 1.29 is 17.5 Å². The Kier molecular flexibility index (Phi) is 4.52. The van der Waals surface area contributed by atoms with Gasteiger partial charge in [-0.15, -0.1) is 0 Å². The van der Waals surface area contributed by atoms with Crippen LogP contribution in [0.5, 0.6) is 0 Å². The molecule has 0 saturated heterocycles. The summed E-state index contributed by atoms with van der Waals surface area (Å²) in [7, 11) is 0. The normalized spacial score (nSPS) is 9.88. The molecule has 0 saturated carbocycles. The van der Waals surface area contributed by atoms with Crippen molar-refractivity contribution in [1.82, 2.24) is 4.98 Å². The molecule has 1 heterocycles. The van der Waals surface area contributed by atoms with E-state index in [0.29, 0.717) is 6.54 Å². The molecule has 0 atom stereocenters. The number of para-hydroxylation sites is 1. The van der Waals surface area contributed by atoms with E-state index in [9.17, 15) is 0 Å². The lowest BCUT2D eigenvalue weighted by atomic mass is 10.1. The fourth-order valence-corrected chi connectivity index (χ4v) is 1.64. The number of hydrogen-bond acceptors (Lipinski definition) is 3. The van der Waals surface area contributed by atoms with Crippen molar-refractivity contribution in [3.63, 3.8) is 0 Å². The minimum absolute atomic E-state index is 0. The van der Waals surface area contributed by atoms with Crippen LogP contribution in [-0.2, 0) is 0 Å². The summed E-state index contributed by atoms with van der Waals surface area (Å²) in [5, 5.41) is 13.1. The maximum absolute atomic E-state index is 8.79. The molecule has 0 aliphatic carbocycles. The van der Waals surface area contributed by atoms with Gasteiger partial charge in [-0.1, -0.05) is 18.2 Å². The summed E-state index contributed by atoms with van der Waals surface area (Å²) in [5.41, 5.74) is 3.00. The molecule has 16 heavy (non-hydrogen) atoms. The predicted molar refractivity (Wildman–Crippen MR) is 62.1 cm³/mol. The number of fused-ring (bicyclic) bond motifs is 1. The van der Waals surface area contributed by atoms with Crippen molar-refractivity contribution in [2.24, 2.45) is 0 Å². The lowest BCUT2D eigenvalue weighted by molar-refractivity contribution is -0.00000420. The van der Waals surface area contributed by atoms with E-state index in [4.69, 9.17) is 5.11 Å². The Hall–Kier alpha value is -1.32. The number of aliphatic hydroxyl groups is 1. The molecular weight excluding hydrogens is 224 g/mol. The van der Waals surface area contributed by atoms with Crippen LogP contribution in [0.2, 0.25) is 0 Å². The molecule has 0 aliphatic heterocycles. The van der Waals surface area contributed by atoms with Crippen LogP contribution in [0, 0.1) is 6.92 Å². The second kappa shape index (κ2) is 5.68. The number of pyridine rings is 1. The minimum atomic E-state index is 0. The fourth-order valence-electron chi connectivity index (χ4n) is 1.64. The highest BCUT2D eigenvalue weighted by molar-refractivity contribution is 5.91. The van der Waals surface area contributed by atoms with Crippen molar-refractivity contribution in [3.8, 4) is 0 Å². The highest BCUT2D eigenvalue weighted by Crippen LogP contribution is 2.22. The molecule has 0 radical (unpaired) electrons. The third-order valence-electron chi connectivity index (χ3n) is 2.27. The molecule has 0 bridgehead atoms. The van der Waals surface area contributed by atoms with E-state index in [-0.39, 0.29) is 19.0 Å². The lowest BCUT2D eigenvalue weighted by Crippen LogP contribution is -3.00. The minimum Gasteiger partial charge on any atom is -1.00 e. The van der Waals surface area contributed by atoms with Gasteiger partial charge in [-0.05, 0) is 19.1 Å². The van der Waals surface area contributed by atoms with Gasteiger partial charge in [-0.3, -0.25) is 4.98 Å². The molecule has 4 heteroatoms. The first-order chi connectivity index (χ1) is 7.31. The van der Waals surface area contributed by atoms with Crippen molar-refractivity contribution in [2.45, 2.75) is 6.92 Å². The van der Waals surface area contributed by atoms with Crippen LogP contribution in [0.3, 0.4) is 0 Å². The second-order valence-corrected chi connectivity index (χ2v) is 3.48. The van der Waals surface area contributed by atoms with E-state index < -0.39 is 0 Å². The average molecular weight is 238 g/mol. The summed E-state index contributed by atoms with van der Waals surface area (Å²) in [6.07, 6.45) is 0. The van der Waals surface area contributed by atoms with Gasteiger partial charge in [0.05, 0.1) is 12.1 Å². The summed E-state index contributed by atoms with van der Waals surface area (Å²) >= 11 is 0. The number of aromatic nitrogens is 1. The predicted octanol–water partition coefficient (Wildman–Crippen LogP) is -1.05. The molecular formula is C12H14ClN2O-. The van der Waals surface area contributed by atoms with Gasteiger partial charge in [0.15, 0.2) is 0 Å². The first-order valence-electron chi connectivity index (χ1n) is 5.02. The highest BCUT2D eigenvalue weighted by Gasteiger charge is 2.01. The quantitative estimate of drug-likeness (QED) is 0.716. The fraction of sp³-hybridized carbons (Fsp3) is 0.250. The van der Waals surface area contributed by atoms with Crippen molar-refractivity contribution in [3.05, 3.63) is 36.0 Å². The van der Waals surface area contributed by atoms with Gasteiger partial charge in [-0.2, -0.15) is 0 Å². The SMILES string of the molecule is Cc1cc(NCCO)c2ccccc2n1.[Cl-]. The third-order valence-corrected chi connectivity index (χ3v) is 2.27. The molecule has 1 aromatic carbocycles. The van der Waals surface area contributed by atoms with Crippen molar-refractivity contribution >= 4 is 16.6 Å². The zero-order chi connectivity index (χ0) is 10.7. The van der Waals surface area contributed by atoms with Crippen LogP contribution in [0.15, 0.2) is 30.3 Å². The molecule has 0 amide bonds. The Labute approximate surface area is 101 Å². The average Bonchev–Trinajstić information content (AvgIpc) is 2.25. The van der Waals surface area contributed by atoms with E-state index in [2.05, 4.69) is 10.3 Å². The number of nitrogens with one attached hydrogen (secondary N) is 1. The molecule has 2 aromatic rings. The number of nitrogens with zero attached hydrogens (tertiary/aromatic N) is 1. The Morgan fingerprint density at radius 2 is 2.06 bits per heavy atom. The number of anilines is 1. The number of hydrogen-bond donors (Lipinski definition) is 2. The largest absolute Gasteiger partial charge is 1.00 e. The van der Waals surface area contributed by atoms with Crippen LogP contribution in [-0.4, -0.2) is 23.2 Å². The summed E-state index contributed by atoms with van der Waals surface area (Å²) < 4.78 is 0. The Morgan fingerprint density at radius 3 is 2.81 bits per heavy atom. The monoisotopic (exact) mass is 237 g/mol. The zero-order valence-electron chi connectivity index (χ0n) is 9.07. The van der Waals surface area contributed by atoms with Gasteiger partial charge in [0, 0.05) is 23.3 Å². The molecule has 0 aliphatic rings. The van der Waals surface area contributed by atoms with Crippen molar-refractivity contribution in [1.29, 1.82) is 0 Å². The summed E-state index contributed by atoms with van der Waals surface area (Å²) in [6.45, 7) is 2.67. The van der Waals surface area contributed by atoms with Gasteiger partial charge < -0.3 is 22.8 Å². The maximum Gasteiger partial charge on any atom is 0.0725 e. The molecule has 2 N–H and O–H groups in total. The molecule has 0 spiro atoms. The number of halogens is 1. The molecule has 86 valence electrons. The topological polar surface area (TPSA) is 45.1 Å². The highest BCUT2D eigenvalue weighted by atomic mass is 35.5. The summed E-state index contributed by atoms with van der Waals surface area (Å²) in [6, 6.07) is 9.99.